The monoisotopic (exact) mass is 250 g/mol. The van der Waals surface area contributed by atoms with Crippen LogP contribution in [0.5, 0.6) is 0 Å². The zero-order chi connectivity index (χ0) is 11.9. The van der Waals surface area contributed by atoms with Gasteiger partial charge in [-0.15, -0.1) is 10.2 Å². The average Bonchev–Trinajstić information content (AvgIpc) is 2.83. The maximum absolute atomic E-state index is 11.3. The van der Waals surface area contributed by atoms with Crippen LogP contribution < -0.4 is 0 Å². The Bertz CT molecular complexity index is 460. The molecule has 7 heteroatoms. The third-order valence-corrected chi connectivity index (χ3v) is 2.59. The maximum Gasteiger partial charge on any atom is 0.375 e. The summed E-state index contributed by atoms with van der Waals surface area (Å²) in [5, 5.41) is 12.7. The van der Waals surface area contributed by atoms with Gasteiger partial charge in [0.25, 0.3) is 0 Å². The van der Waals surface area contributed by atoms with Crippen LogP contribution in [0.1, 0.15) is 5.56 Å². The largest absolute Gasteiger partial charge is 0.457 e. The van der Waals surface area contributed by atoms with Crippen LogP contribution in [0.3, 0.4) is 0 Å². The molecule has 88 valence electrons. The van der Waals surface area contributed by atoms with E-state index in [0.717, 1.165) is 17.3 Å². The van der Waals surface area contributed by atoms with Gasteiger partial charge in [0, 0.05) is 18.2 Å². The third kappa shape index (κ3) is 3.87. The van der Waals surface area contributed by atoms with E-state index in [0.29, 0.717) is 13.0 Å². The van der Waals surface area contributed by atoms with Crippen LogP contribution in [0, 0.1) is 0 Å². The number of hydrogen-bond donors (Lipinski definition) is 1. The van der Waals surface area contributed by atoms with Gasteiger partial charge in [0.2, 0.25) is 5.16 Å². The minimum Gasteiger partial charge on any atom is -0.457 e. The molecule has 0 saturated heterocycles. The minimum absolute atomic E-state index is 0.259. The Morgan fingerprint density at radius 2 is 2.18 bits per heavy atom. The van der Waals surface area contributed by atoms with Crippen molar-refractivity contribution in [3.8, 4) is 0 Å². The summed E-state index contributed by atoms with van der Waals surface area (Å²) >= 11 is 0.808. The Hall–Kier alpha value is -1.89. The number of carbonyl (C=O) groups excluding carboxylic acids is 1. The number of benzene rings is 1. The second-order valence-electron chi connectivity index (χ2n) is 3.13. The van der Waals surface area contributed by atoms with E-state index in [4.69, 9.17) is 4.74 Å². The quantitative estimate of drug-likeness (QED) is 0.656. The molecular formula is C10H10N4O2S. The maximum atomic E-state index is 11.3. The number of tetrazole rings is 1. The van der Waals surface area contributed by atoms with Crippen LogP contribution in [0.15, 0.2) is 35.5 Å². The van der Waals surface area contributed by atoms with Crippen molar-refractivity contribution in [2.75, 3.05) is 6.61 Å². The average molecular weight is 250 g/mol. The summed E-state index contributed by atoms with van der Waals surface area (Å²) in [4.78, 5) is 11.3. The van der Waals surface area contributed by atoms with Crippen molar-refractivity contribution < 1.29 is 9.53 Å². The van der Waals surface area contributed by atoms with Gasteiger partial charge in [0.05, 0.1) is 6.61 Å². The van der Waals surface area contributed by atoms with E-state index in [1.54, 1.807) is 0 Å². The first kappa shape index (κ1) is 11.6. The number of nitrogens with zero attached hydrogens (tertiary/aromatic N) is 3. The van der Waals surface area contributed by atoms with Crippen LogP contribution in [-0.2, 0) is 11.2 Å². The van der Waals surface area contributed by atoms with Crippen molar-refractivity contribution in [3.05, 3.63) is 35.9 Å². The van der Waals surface area contributed by atoms with Crippen LogP contribution >= 0.6 is 11.8 Å². The predicted molar refractivity (Wildman–Crippen MR) is 61.5 cm³/mol. The van der Waals surface area contributed by atoms with Gasteiger partial charge >= 0.3 is 5.30 Å². The van der Waals surface area contributed by atoms with Gasteiger partial charge < -0.3 is 4.74 Å². The fourth-order valence-electron chi connectivity index (χ4n) is 1.20. The SMILES string of the molecule is O=C(OCCc1ccccc1)Sc1nn[nH]n1. The van der Waals surface area contributed by atoms with Gasteiger partial charge in [-0.05, 0) is 10.8 Å². The summed E-state index contributed by atoms with van der Waals surface area (Å²) in [6.07, 6.45) is 0.694. The van der Waals surface area contributed by atoms with E-state index in [1.807, 2.05) is 30.3 Å². The fraction of sp³-hybridized carbons (Fsp3) is 0.200. The summed E-state index contributed by atoms with van der Waals surface area (Å²) in [6, 6.07) is 9.82. The summed E-state index contributed by atoms with van der Waals surface area (Å²) in [5.74, 6) is 0. The van der Waals surface area contributed by atoms with E-state index in [1.165, 1.54) is 0 Å². The molecule has 0 unspecified atom stereocenters. The number of hydrogen-bond acceptors (Lipinski definition) is 6. The Kier molecular flexibility index (Phi) is 4.09. The fourth-order valence-corrected chi connectivity index (χ4v) is 1.66. The second-order valence-corrected chi connectivity index (χ2v) is 4.03. The number of ether oxygens (including phenoxy) is 1. The number of carbonyl (C=O) groups is 1. The molecular weight excluding hydrogens is 240 g/mol. The number of thioether (sulfide) groups is 1. The zero-order valence-corrected chi connectivity index (χ0v) is 9.68. The minimum atomic E-state index is -0.428. The van der Waals surface area contributed by atoms with Gasteiger partial charge in [-0.25, -0.2) is 4.79 Å². The first-order chi connectivity index (χ1) is 8.34. The molecule has 1 aromatic heterocycles. The summed E-state index contributed by atoms with van der Waals surface area (Å²) in [5.41, 5.74) is 1.13. The lowest BCUT2D eigenvalue weighted by Gasteiger charge is -2.02. The Morgan fingerprint density at radius 1 is 1.35 bits per heavy atom. The molecule has 0 radical (unpaired) electrons. The molecule has 0 aliphatic carbocycles. The molecule has 0 aliphatic rings. The van der Waals surface area contributed by atoms with Crippen molar-refractivity contribution in [3.63, 3.8) is 0 Å². The summed E-state index contributed by atoms with van der Waals surface area (Å²) < 4.78 is 5.02. The number of nitrogens with one attached hydrogen (secondary N) is 1. The van der Waals surface area contributed by atoms with Gasteiger partial charge in [-0.2, -0.15) is 5.21 Å². The molecule has 0 saturated carbocycles. The number of H-pyrrole nitrogens is 1. The van der Waals surface area contributed by atoms with E-state index in [9.17, 15) is 4.79 Å². The summed E-state index contributed by atoms with van der Waals surface area (Å²) in [6.45, 7) is 0.341. The van der Waals surface area contributed by atoms with Gasteiger partial charge in [-0.1, -0.05) is 30.3 Å². The van der Waals surface area contributed by atoms with Crippen molar-refractivity contribution in [2.45, 2.75) is 11.6 Å². The molecule has 1 aromatic carbocycles. The molecule has 0 amide bonds. The molecule has 0 spiro atoms. The third-order valence-electron chi connectivity index (χ3n) is 1.95. The van der Waals surface area contributed by atoms with E-state index in [-0.39, 0.29) is 5.16 Å². The molecule has 2 aromatic rings. The second kappa shape index (κ2) is 6.00. The Morgan fingerprint density at radius 3 is 2.88 bits per heavy atom. The highest BCUT2D eigenvalue weighted by Gasteiger charge is 2.09. The Balaban J connectivity index is 1.70. The lowest BCUT2D eigenvalue weighted by molar-refractivity contribution is 0.176. The smallest absolute Gasteiger partial charge is 0.375 e. The predicted octanol–water partition coefficient (Wildman–Crippen LogP) is 1.67. The summed E-state index contributed by atoms with van der Waals surface area (Å²) in [7, 11) is 0. The number of aromatic nitrogens is 4. The molecule has 0 atom stereocenters. The standard InChI is InChI=1S/C10H10N4O2S/c15-10(17-9-11-13-14-12-9)16-7-6-8-4-2-1-3-5-8/h1-5H,6-7H2,(H,11,12,13,14). The number of rotatable bonds is 4. The lowest BCUT2D eigenvalue weighted by atomic mass is 10.2. The molecule has 0 fully saturated rings. The first-order valence-electron chi connectivity index (χ1n) is 4.96. The molecule has 1 N–H and O–H groups in total. The molecule has 1 heterocycles. The highest BCUT2D eigenvalue weighted by atomic mass is 32.2. The molecule has 17 heavy (non-hydrogen) atoms. The van der Waals surface area contributed by atoms with Gasteiger partial charge in [0.1, 0.15) is 0 Å². The van der Waals surface area contributed by atoms with E-state index < -0.39 is 5.30 Å². The zero-order valence-electron chi connectivity index (χ0n) is 8.87. The van der Waals surface area contributed by atoms with Crippen LogP contribution in [0.25, 0.3) is 0 Å². The highest BCUT2D eigenvalue weighted by Crippen LogP contribution is 2.13. The molecule has 6 nitrogen and oxygen atoms in total. The molecule has 2 rings (SSSR count). The topological polar surface area (TPSA) is 80.8 Å². The molecule has 0 aliphatic heterocycles. The molecule has 0 bridgehead atoms. The van der Waals surface area contributed by atoms with Crippen molar-refractivity contribution in [2.24, 2.45) is 0 Å². The first-order valence-corrected chi connectivity index (χ1v) is 5.78. The van der Waals surface area contributed by atoms with Crippen LogP contribution in [0.2, 0.25) is 0 Å². The normalized spacial score (nSPS) is 10.1. The van der Waals surface area contributed by atoms with Crippen LogP contribution in [0.4, 0.5) is 4.79 Å². The van der Waals surface area contributed by atoms with E-state index in [2.05, 4.69) is 20.6 Å². The number of aromatic amines is 1. The van der Waals surface area contributed by atoms with Gasteiger partial charge in [0.15, 0.2) is 0 Å². The Labute approximate surface area is 102 Å². The van der Waals surface area contributed by atoms with E-state index >= 15 is 0 Å². The van der Waals surface area contributed by atoms with Crippen molar-refractivity contribution in [1.29, 1.82) is 0 Å². The van der Waals surface area contributed by atoms with Gasteiger partial charge in [-0.3, -0.25) is 0 Å². The van der Waals surface area contributed by atoms with Crippen molar-refractivity contribution >= 4 is 17.1 Å². The lowest BCUT2D eigenvalue weighted by Crippen LogP contribution is -2.02. The van der Waals surface area contributed by atoms with Crippen molar-refractivity contribution in [1.82, 2.24) is 20.6 Å². The van der Waals surface area contributed by atoms with Crippen LogP contribution in [-0.4, -0.2) is 32.5 Å². The highest BCUT2D eigenvalue weighted by molar-refractivity contribution is 8.13.